The minimum atomic E-state index is -1.82. The topological polar surface area (TPSA) is 66.8 Å². The summed E-state index contributed by atoms with van der Waals surface area (Å²) >= 11 is 3.37. The third kappa shape index (κ3) is 3.39. The van der Waals surface area contributed by atoms with Gasteiger partial charge in [0.05, 0.1) is 5.69 Å². The fourth-order valence-corrected chi connectivity index (χ4v) is 3.25. The monoisotopic (exact) mass is 417 g/mol. The molecule has 2 aromatic rings. The van der Waals surface area contributed by atoms with Gasteiger partial charge < -0.3 is 9.84 Å². The summed E-state index contributed by atoms with van der Waals surface area (Å²) in [6.07, 6.45) is -0.725. The number of imide groups is 1. The van der Waals surface area contributed by atoms with Crippen LogP contribution in [0, 0.1) is 0 Å². The third-order valence-electron chi connectivity index (χ3n) is 4.10. The molecule has 0 saturated carbocycles. The number of fused-ring (bicyclic) bond motifs is 1. The number of para-hydroxylation sites is 1. The smallest absolute Gasteiger partial charge is 0.421 e. The number of hydrogen-bond acceptors (Lipinski definition) is 4. The molecule has 0 bridgehead atoms. The lowest BCUT2D eigenvalue weighted by Crippen LogP contribution is -2.46. The van der Waals surface area contributed by atoms with Crippen LogP contribution in [0.5, 0.6) is 0 Å². The number of carbonyl (C=O) groups is 2. The van der Waals surface area contributed by atoms with Crippen LogP contribution in [0.1, 0.15) is 31.9 Å². The van der Waals surface area contributed by atoms with E-state index >= 15 is 0 Å². The van der Waals surface area contributed by atoms with E-state index in [9.17, 15) is 14.7 Å². The fourth-order valence-electron chi connectivity index (χ4n) is 2.99. The van der Waals surface area contributed by atoms with Gasteiger partial charge in [-0.1, -0.05) is 46.3 Å². The van der Waals surface area contributed by atoms with Gasteiger partial charge in [-0.25, -0.2) is 9.69 Å². The molecule has 1 heterocycles. The standard InChI is InChI=1S/C20H20BrNO4/c1-19(2,3)26-18(24)22-16-7-5-4-6-15(16)20(25,17(22)23)12-13-8-10-14(21)11-9-13/h4-11,25H,12H2,1-3H3/t20-/m1/s1. The van der Waals surface area contributed by atoms with Crippen LogP contribution in [0.15, 0.2) is 53.0 Å². The molecule has 136 valence electrons. The first kappa shape index (κ1) is 18.6. The van der Waals surface area contributed by atoms with Crippen LogP contribution in [-0.4, -0.2) is 22.7 Å². The van der Waals surface area contributed by atoms with Crippen molar-refractivity contribution in [3.05, 3.63) is 64.1 Å². The normalized spacial score (nSPS) is 19.4. The van der Waals surface area contributed by atoms with Crippen LogP contribution in [-0.2, 0) is 21.6 Å². The van der Waals surface area contributed by atoms with Crippen molar-refractivity contribution in [3.63, 3.8) is 0 Å². The molecule has 3 rings (SSSR count). The second kappa shape index (κ2) is 6.52. The lowest BCUT2D eigenvalue weighted by Gasteiger charge is -2.25. The number of anilines is 1. The quantitative estimate of drug-likeness (QED) is 0.796. The molecular formula is C20H20BrNO4. The van der Waals surface area contributed by atoms with Crippen molar-refractivity contribution in [2.24, 2.45) is 0 Å². The number of ether oxygens (including phenoxy) is 1. The largest absolute Gasteiger partial charge is 0.443 e. The number of halogens is 1. The first-order valence-electron chi connectivity index (χ1n) is 8.26. The maximum absolute atomic E-state index is 13.0. The molecule has 0 saturated heterocycles. The van der Waals surface area contributed by atoms with Crippen molar-refractivity contribution < 1.29 is 19.4 Å². The van der Waals surface area contributed by atoms with E-state index in [1.54, 1.807) is 45.0 Å². The van der Waals surface area contributed by atoms with Gasteiger partial charge in [0.15, 0.2) is 5.60 Å². The number of nitrogens with zero attached hydrogens (tertiary/aromatic N) is 1. The summed E-state index contributed by atoms with van der Waals surface area (Å²) in [5.74, 6) is -0.698. The number of aliphatic hydroxyl groups is 1. The summed E-state index contributed by atoms with van der Waals surface area (Å²) in [5, 5.41) is 11.2. The van der Waals surface area contributed by atoms with E-state index in [-0.39, 0.29) is 6.42 Å². The zero-order valence-electron chi connectivity index (χ0n) is 14.8. The van der Waals surface area contributed by atoms with Crippen molar-refractivity contribution >= 4 is 33.6 Å². The Hall–Kier alpha value is -2.18. The Morgan fingerprint density at radius 1 is 1.15 bits per heavy atom. The van der Waals surface area contributed by atoms with Gasteiger partial charge in [0.25, 0.3) is 5.91 Å². The molecule has 0 aromatic heterocycles. The van der Waals surface area contributed by atoms with Gasteiger partial charge in [0, 0.05) is 16.5 Å². The molecule has 0 unspecified atom stereocenters. The Labute approximate surface area is 160 Å². The van der Waals surface area contributed by atoms with E-state index in [4.69, 9.17) is 4.74 Å². The summed E-state index contributed by atoms with van der Waals surface area (Å²) in [7, 11) is 0. The van der Waals surface area contributed by atoms with Crippen molar-refractivity contribution in [1.29, 1.82) is 0 Å². The van der Waals surface area contributed by atoms with Gasteiger partial charge in [-0.05, 0) is 44.5 Å². The number of amides is 2. The van der Waals surface area contributed by atoms with Crippen LogP contribution >= 0.6 is 15.9 Å². The van der Waals surface area contributed by atoms with Gasteiger partial charge in [-0.2, -0.15) is 0 Å². The van der Waals surface area contributed by atoms with E-state index in [2.05, 4.69) is 15.9 Å². The highest BCUT2D eigenvalue weighted by molar-refractivity contribution is 9.10. The summed E-state index contributed by atoms with van der Waals surface area (Å²) in [5.41, 5.74) is -1.03. The van der Waals surface area contributed by atoms with Crippen LogP contribution in [0.25, 0.3) is 0 Å². The van der Waals surface area contributed by atoms with E-state index < -0.39 is 23.2 Å². The van der Waals surface area contributed by atoms with E-state index in [0.29, 0.717) is 11.3 Å². The van der Waals surface area contributed by atoms with Gasteiger partial charge in [-0.3, -0.25) is 4.79 Å². The molecule has 26 heavy (non-hydrogen) atoms. The Morgan fingerprint density at radius 2 is 1.77 bits per heavy atom. The minimum absolute atomic E-state index is 0.0649. The van der Waals surface area contributed by atoms with Gasteiger partial charge in [-0.15, -0.1) is 0 Å². The molecule has 0 spiro atoms. The molecular weight excluding hydrogens is 398 g/mol. The molecule has 5 nitrogen and oxygen atoms in total. The highest BCUT2D eigenvalue weighted by atomic mass is 79.9. The van der Waals surface area contributed by atoms with Crippen molar-refractivity contribution in [3.8, 4) is 0 Å². The Bertz CT molecular complexity index is 857. The second-order valence-corrected chi connectivity index (χ2v) is 8.22. The Morgan fingerprint density at radius 3 is 2.38 bits per heavy atom. The first-order valence-corrected chi connectivity index (χ1v) is 9.05. The predicted molar refractivity (Wildman–Crippen MR) is 102 cm³/mol. The third-order valence-corrected chi connectivity index (χ3v) is 4.63. The lowest BCUT2D eigenvalue weighted by atomic mass is 9.88. The highest BCUT2D eigenvalue weighted by Crippen LogP contribution is 2.42. The second-order valence-electron chi connectivity index (χ2n) is 7.30. The van der Waals surface area contributed by atoms with E-state index in [0.717, 1.165) is 14.9 Å². The maximum Gasteiger partial charge on any atom is 0.421 e. The molecule has 6 heteroatoms. The average molecular weight is 418 g/mol. The van der Waals surface area contributed by atoms with Crippen molar-refractivity contribution in [1.82, 2.24) is 0 Å². The van der Waals surface area contributed by atoms with Crippen LogP contribution < -0.4 is 4.90 Å². The maximum atomic E-state index is 13.0. The zero-order chi connectivity index (χ0) is 19.1. The summed E-state index contributed by atoms with van der Waals surface area (Å²) < 4.78 is 6.26. The molecule has 1 aliphatic heterocycles. The Balaban J connectivity index is 2.01. The van der Waals surface area contributed by atoms with Crippen molar-refractivity contribution in [2.75, 3.05) is 4.90 Å². The molecule has 0 fully saturated rings. The van der Waals surface area contributed by atoms with Crippen LogP contribution in [0.4, 0.5) is 10.5 Å². The van der Waals surface area contributed by atoms with Crippen LogP contribution in [0.2, 0.25) is 0 Å². The summed E-state index contributed by atoms with van der Waals surface area (Å²) in [6.45, 7) is 5.18. The fraction of sp³-hybridized carbons (Fsp3) is 0.300. The minimum Gasteiger partial charge on any atom is -0.443 e. The SMILES string of the molecule is CC(C)(C)OC(=O)N1C(=O)[C@@](O)(Cc2ccc(Br)cc2)c2ccccc21. The van der Waals surface area contributed by atoms with Crippen molar-refractivity contribution in [2.45, 2.75) is 38.4 Å². The zero-order valence-corrected chi connectivity index (χ0v) is 16.4. The van der Waals surface area contributed by atoms with Gasteiger partial charge in [0.2, 0.25) is 0 Å². The lowest BCUT2D eigenvalue weighted by molar-refractivity contribution is -0.135. The van der Waals surface area contributed by atoms with E-state index in [1.807, 2.05) is 24.3 Å². The van der Waals surface area contributed by atoms with Crippen LogP contribution in [0.3, 0.4) is 0 Å². The number of rotatable bonds is 2. The number of hydrogen-bond donors (Lipinski definition) is 1. The first-order chi connectivity index (χ1) is 12.1. The molecule has 1 atom stereocenters. The molecule has 2 amide bonds. The Kier molecular flexibility index (Phi) is 4.67. The molecule has 1 N–H and O–H groups in total. The predicted octanol–water partition coefficient (Wildman–Crippen LogP) is 4.16. The number of benzene rings is 2. The molecule has 2 aromatic carbocycles. The summed E-state index contributed by atoms with van der Waals surface area (Å²) in [4.78, 5) is 26.6. The van der Waals surface area contributed by atoms with Gasteiger partial charge in [0.1, 0.15) is 5.60 Å². The average Bonchev–Trinajstić information content (AvgIpc) is 2.77. The number of carbonyl (C=O) groups excluding carboxylic acids is 2. The van der Waals surface area contributed by atoms with Gasteiger partial charge >= 0.3 is 6.09 Å². The van der Waals surface area contributed by atoms with E-state index in [1.165, 1.54) is 0 Å². The molecule has 0 radical (unpaired) electrons. The molecule has 0 aliphatic carbocycles. The molecule has 1 aliphatic rings. The highest BCUT2D eigenvalue weighted by Gasteiger charge is 2.52. The summed E-state index contributed by atoms with van der Waals surface area (Å²) in [6, 6.07) is 14.1.